The van der Waals surface area contributed by atoms with Crippen molar-refractivity contribution in [1.29, 1.82) is 0 Å². The Kier molecular flexibility index (Phi) is 3.96. The molecule has 24 heavy (non-hydrogen) atoms. The van der Waals surface area contributed by atoms with E-state index in [0.29, 0.717) is 16.1 Å². The van der Waals surface area contributed by atoms with Gasteiger partial charge in [0.15, 0.2) is 5.43 Å². The zero-order valence-electron chi connectivity index (χ0n) is 12.5. The fraction of sp³-hybridized carbons (Fsp3) is 0. The Bertz CT molecular complexity index is 1140. The van der Waals surface area contributed by atoms with E-state index in [-0.39, 0.29) is 5.43 Å². The van der Waals surface area contributed by atoms with Crippen molar-refractivity contribution < 1.29 is 0 Å². The molecule has 0 radical (unpaired) electrons. The lowest BCUT2D eigenvalue weighted by Crippen LogP contribution is -2.01. The van der Waals surface area contributed by atoms with Gasteiger partial charge in [-0.15, -0.1) is 11.3 Å². The summed E-state index contributed by atoms with van der Waals surface area (Å²) >= 11 is 9.72. The predicted octanol–water partition coefficient (Wildman–Crippen LogP) is 5.80. The van der Waals surface area contributed by atoms with Gasteiger partial charge in [-0.25, -0.2) is 0 Å². The van der Waals surface area contributed by atoms with Crippen LogP contribution < -0.4 is 11.2 Å². The lowest BCUT2D eigenvalue weighted by atomic mass is 10.2. The first kappa shape index (κ1) is 15.5. The number of hydrogen-bond donors (Lipinski definition) is 1. The molecule has 0 aliphatic heterocycles. The SMILES string of the molecule is Nc1cccc(Sc2ccc3c(=O)c4ccccc4sc3c2Cl)c1. The molecule has 0 saturated carbocycles. The molecule has 1 aromatic heterocycles. The second kappa shape index (κ2) is 6.13. The Morgan fingerprint density at radius 2 is 1.79 bits per heavy atom. The first-order chi connectivity index (χ1) is 11.6. The van der Waals surface area contributed by atoms with Crippen molar-refractivity contribution in [2.75, 3.05) is 5.73 Å². The van der Waals surface area contributed by atoms with Crippen molar-refractivity contribution in [3.05, 3.63) is 75.9 Å². The highest BCUT2D eigenvalue weighted by Crippen LogP contribution is 2.40. The lowest BCUT2D eigenvalue weighted by molar-refractivity contribution is 1.43. The summed E-state index contributed by atoms with van der Waals surface area (Å²) in [6.07, 6.45) is 0. The van der Waals surface area contributed by atoms with Crippen molar-refractivity contribution in [2.45, 2.75) is 9.79 Å². The second-order valence-electron chi connectivity index (χ2n) is 5.36. The minimum Gasteiger partial charge on any atom is -0.399 e. The Morgan fingerprint density at radius 1 is 0.958 bits per heavy atom. The van der Waals surface area contributed by atoms with Crippen LogP contribution in [0.15, 0.2) is 75.2 Å². The monoisotopic (exact) mass is 369 g/mol. The van der Waals surface area contributed by atoms with Crippen molar-refractivity contribution >= 4 is 60.6 Å². The van der Waals surface area contributed by atoms with Crippen molar-refractivity contribution in [3.63, 3.8) is 0 Å². The molecule has 2 nitrogen and oxygen atoms in total. The quantitative estimate of drug-likeness (QED) is 0.358. The summed E-state index contributed by atoms with van der Waals surface area (Å²) in [5, 5.41) is 2.02. The molecule has 0 aliphatic carbocycles. The first-order valence-corrected chi connectivity index (χ1v) is 9.32. The molecule has 3 aromatic carbocycles. The van der Waals surface area contributed by atoms with Crippen LogP contribution in [-0.4, -0.2) is 0 Å². The van der Waals surface area contributed by atoms with Gasteiger partial charge in [0.25, 0.3) is 0 Å². The van der Waals surface area contributed by atoms with E-state index in [1.54, 1.807) is 23.1 Å². The van der Waals surface area contributed by atoms with Crippen LogP contribution in [0.25, 0.3) is 20.2 Å². The normalized spacial score (nSPS) is 11.2. The van der Waals surface area contributed by atoms with Gasteiger partial charge in [0, 0.05) is 31.0 Å². The molecular formula is C19H12ClNOS2. The van der Waals surface area contributed by atoms with Crippen molar-refractivity contribution in [1.82, 2.24) is 0 Å². The number of nitrogen functional groups attached to an aromatic ring is 1. The van der Waals surface area contributed by atoms with E-state index in [1.165, 1.54) is 0 Å². The number of anilines is 1. The third-order valence-corrected chi connectivity index (χ3v) is 6.61. The van der Waals surface area contributed by atoms with Gasteiger partial charge in [-0.1, -0.05) is 41.6 Å². The van der Waals surface area contributed by atoms with Crippen LogP contribution in [0.2, 0.25) is 5.02 Å². The van der Waals surface area contributed by atoms with E-state index < -0.39 is 0 Å². The Hall–Kier alpha value is -2.01. The van der Waals surface area contributed by atoms with Gasteiger partial charge in [-0.3, -0.25) is 4.79 Å². The van der Waals surface area contributed by atoms with Crippen LogP contribution in [0, 0.1) is 0 Å². The molecule has 0 amide bonds. The second-order valence-corrected chi connectivity index (χ2v) is 7.90. The predicted molar refractivity (Wildman–Crippen MR) is 106 cm³/mol. The van der Waals surface area contributed by atoms with Gasteiger partial charge in [-0.05, 0) is 42.5 Å². The van der Waals surface area contributed by atoms with Crippen molar-refractivity contribution in [2.24, 2.45) is 0 Å². The Morgan fingerprint density at radius 3 is 2.62 bits per heavy atom. The smallest absolute Gasteiger partial charge is 0.195 e. The number of rotatable bonds is 2. The minimum absolute atomic E-state index is 0.0294. The highest BCUT2D eigenvalue weighted by atomic mass is 35.5. The van der Waals surface area contributed by atoms with Crippen LogP contribution in [0.1, 0.15) is 0 Å². The van der Waals surface area contributed by atoms with Gasteiger partial charge in [0.1, 0.15) is 0 Å². The molecule has 0 unspecified atom stereocenters. The average Bonchev–Trinajstić information content (AvgIpc) is 2.58. The fourth-order valence-corrected chi connectivity index (χ4v) is 5.09. The molecule has 0 saturated heterocycles. The summed E-state index contributed by atoms with van der Waals surface area (Å²) in [7, 11) is 0. The minimum atomic E-state index is 0.0294. The summed E-state index contributed by atoms with van der Waals surface area (Å²) in [4.78, 5) is 14.6. The van der Waals surface area contributed by atoms with Gasteiger partial charge < -0.3 is 5.73 Å². The van der Waals surface area contributed by atoms with Crippen LogP contribution >= 0.6 is 34.7 Å². The highest BCUT2D eigenvalue weighted by Gasteiger charge is 2.12. The number of nitrogens with two attached hydrogens (primary N) is 1. The standard InChI is InChI=1S/C19H12ClNOS2/c20-17-16(23-12-5-3-4-11(21)10-12)9-8-14-18(22)13-6-1-2-7-15(13)24-19(14)17/h1-10H,21H2. The van der Waals surface area contributed by atoms with Gasteiger partial charge in [0.05, 0.1) is 9.72 Å². The van der Waals surface area contributed by atoms with E-state index in [4.69, 9.17) is 17.3 Å². The molecule has 0 spiro atoms. The summed E-state index contributed by atoms with van der Waals surface area (Å²) < 4.78 is 1.78. The summed E-state index contributed by atoms with van der Waals surface area (Å²) in [5.41, 5.74) is 6.58. The maximum absolute atomic E-state index is 12.7. The number of halogens is 1. The van der Waals surface area contributed by atoms with Crippen LogP contribution in [0.3, 0.4) is 0 Å². The van der Waals surface area contributed by atoms with E-state index in [2.05, 4.69) is 0 Å². The number of benzene rings is 3. The van der Waals surface area contributed by atoms with Gasteiger partial charge >= 0.3 is 0 Å². The molecule has 0 bridgehead atoms. The largest absolute Gasteiger partial charge is 0.399 e. The highest BCUT2D eigenvalue weighted by molar-refractivity contribution is 7.99. The van der Waals surface area contributed by atoms with E-state index in [9.17, 15) is 4.79 Å². The molecule has 0 atom stereocenters. The van der Waals surface area contributed by atoms with Crippen LogP contribution in [0.5, 0.6) is 0 Å². The van der Waals surface area contributed by atoms with Crippen molar-refractivity contribution in [3.8, 4) is 0 Å². The third kappa shape index (κ3) is 2.67. The molecule has 0 fully saturated rings. The molecule has 5 heteroatoms. The molecular weight excluding hydrogens is 358 g/mol. The van der Waals surface area contributed by atoms with E-state index in [0.717, 1.165) is 24.6 Å². The summed E-state index contributed by atoms with van der Waals surface area (Å²) in [6.45, 7) is 0. The molecule has 4 rings (SSSR count). The molecule has 4 aromatic rings. The Labute approximate surface area is 151 Å². The Balaban J connectivity index is 1.91. The van der Waals surface area contributed by atoms with E-state index in [1.807, 2.05) is 60.7 Å². The average molecular weight is 370 g/mol. The summed E-state index contributed by atoms with van der Waals surface area (Å²) in [5.74, 6) is 0. The summed E-state index contributed by atoms with van der Waals surface area (Å²) in [6, 6.07) is 19.1. The molecule has 1 heterocycles. The van der Waals surface area contributed by atoms with E-state index >= 15 is 0 Å². The number of hydrogen-bond acceptors (Lipinski definition) is 4. The van der Waals surface area contributed by atoms with Crippen LogP contribution in [0.4, 0.5) is 5.69 Å². The lowest BCUT2D eigenvalue weighted by Gasteiger charge is -2.08. The first-order valence-electron chi connectivity index (χ1n) is 7.31. The molecule has 0 aliphatic rings. The maximum atomic E-state index is 12.7. The third-order valence-electron chi connectivity index (χ3n) is 3.74. The maximum Gasteiger partial charge on any atom is 0.195 e. The van der Waals surface area contributed by atoms with Gasteiger partial charge in [0.2, 0.25) is 0 Å². The zero-order valence-corrected chi connectivity index (χ0v) is 14.8. The van der Waals surface area contributed by atoms with Gasteiger partial charge in [-0.2, -0.15) is 0 Å². The number of fused-ring (bicyclic) bond motifs is 2. The zero-order chi connectivity index (χ0) is 16.7. The van der Waals surface area contributed by atoms with Crippen LogP contribution in [-0.2, 0) is 0 Å². The molecule has 2 N–H and O–H groups in total. The molecule has 118 valence electrons. The fourth-order valence-electron chi connectivity index (χ4n) is 2.60. The topological polar surface area (TPSA) is 43.1 Å².